The van der Waals surface area contributed by atoms with Crippen LogP contribution in [0.15, 0.2) is 23.4 Å². The van der Waals surface area contributed by atoms with Crippen LogP contribution in [0.3, 0.4) is 0 Å². The van der Waals surface area contributed by atoms with E-state index in [2.05, 4.69) is 11.2 Å². The number of unbranched alkanes of at least 4 members (excludes halogenated alkanes) is 2. The third kappa shape index (κ3) is 5.21. The first-order valence-electron chi connectivity index (χ1n) is 7.86. The first kappa shape index (κ1) is 17.7. The van der Waals surface area contributed by atoms with Crippen LogP contribution in [-0.4, -0.2) is 44.0 Å². The second-order valence-electron chi connectivity index (χ2n) is 5.29. The number of ether oxygens (including phenoxy) is 1. The summed E-state index contributed by atoms with van der Waals surface area (Å²) in [6, 6.07) is 7.07. The van der Waals surface area contributed by atoms with E-state index in [0.717, 1.165) is 12.8 Å². The molecular formula is C16H20N4O4. The van der Waals surface area contributed by atoms with Crippen molar-refractivity contribution in [3.8, 4) is 6.07 Å². The maximum atomic E-state index is 11.3. The van der Waals surface area contributed by atoms with E-state index in [0.29, 0.717) is 50.6 Å². The van der Waals surface area contributed by atoms with Crippen molar-refractivity contribution < 1.29 is 14.5 Å². The monoisotopic (exact) mass is 332 g/mol. The molecule has 1 fully saturated rings. The Balaban J connectivity index is 1.98. The highest BCUT2D eigenvalue weighted by molar-refractivity contribution is 5.82. The van der Waals surface area contributed by atoms with Gasteiger partial charge in [-0.25, -0.2) is 0 Å². The third-order valence-corrected chi connectivity index (χ3v) is 3.60. The molecule has 1 aromatic rings. The standard InChI is InChI=1S/C16H20N4O4/c17-6-2-1-3-9-24-18-13-14-4-5-15(16(12-14)20(21)22)19-7-10-23-11-8-19/h4-5,12-13H,1-3,7-11H2/b18-13-. The fourth-order valence-electron chi connectivity index (χ4n) is 2.36. The zero-order valence-corrected chi connectivity index (χ0v) is 13.4. The van der Waals surface area contributed by atoms with Gasteiger partial charge < -0.3 is 14.5 Å². The first-order valence-corrected chi connectivity index (χ1v) is 7.86. The van der Waals surface area contributed by atoms with Crippen molar-refractivity contribution in [3.05, 3.63) is 33.9 Å². The second kappa shape index (κ2) is 9.47. The number of nitro benzene ring substituents is 1. The number of hydrogen-bond acceptors (Lipinski definition) is 7. The summed E-state index contributed by atoms with van der Waals surface area (Å²) in [7, 11) is 0. The van der Waals surface area contributed by atoms with E-state index < -0.39 is 0 Å². The molecule has 24 heavy (non-hydrogen) atoms. The molecule has 0 aliphatic carbocycles. The lowest BCUT2D eigenvalue weighted by atomic mass is 10.1. The lowest BCUT2D eigenvalue weighted by Gasteiger charge is -2.28. The van der Waals surface area contributed by atoms with E-state index in [1.165, 1.54) is 12.3 Å². The number of nitro groups is 1. The molecule has 0 unspecified atom stereocenters. The molecule has 0 saturated carbocycles. The normalized spacial score (nSPS) is 14.5. The van der Waals surface area contributed by atoms with Gasteiger partial charge in [0.2, 0.25) is 0 Å². The Morgan fingerprint density at radius 3 is 2.92 bits per heavy atom. The van der Waals surface area contributed by atoms with Gasteiger partial charge in [0, 0.05) is 31.1 Å². The lowest BCUT2D eigenvalue weighted by molar-refractivity contribution is -0.384. The zero-order chi connectivity index (χ0) is 17.2. The zero-order valence-electron chi connectivity index (χ0n) is 13.4. The van der Waals surface area contributed by atoms with Gasteiger partial charge in [0.1, 0.15) is 12.3 Å². The smallest absolute Gasteiger partial charge is 0.293 e. The van der Waals surface area contributed by atoms with E-state index in [4.69, 9.17) is 14.8 Å². The minimum absolute atomic E-state index is 0.0508. The highest BCUT2D eigenvalue weighted by atomic mass is 16.6. The van der Waals surface area contributed by atoms with Crippen LogP contribution in [0.5, 0.6) is 0 Å². The SMILES string of the molecule is N#CCCCCO/N=C\c1ccc(N2CCOCC2)c([N+](=O)[O-])c1. The van der Waals surface area contributed by atoms with Gasteiger partial charge in [-0.15, -0.1) is 0 Å². The van der Waals surface area contributed by atoms with E-state index >= 15 is 0 Å². The number of anilines is 1. The summed E-state index contributed by atoms with van der Waals surface area (Å²) in [6.07, 6.45) is 3.48. The number of benzene rings is 1. The van der Waals surface area contributed by atoms with Gasteiger partial charge in [-0.3, -0.25) is 10.1 Å². The summed E-state index contributed by atoms with van der Waals surface area (Å²) >= 11 is 0. The second-order valence-corrected chi connectivity index (χ2v) is 5.29. The molecule has 8 nitrogen and oxygen atoms in total. The maximum absolute atomic E-state index is 11.3. The Morgan fingerprint density at radius 1 is 1.42 bits per heavy atom. The van der Waals surface area contributed by atoms with Crippen molar-refractivity contribution >= 4 is 17.6 Å². The number of hydrogen-bond donors (Lipinski definition) is 0. The Hall–Kier alpha value is -2.66. The van der Waals surface area contributed by atoms with Crippen LogP contribution in [0.1, 0.15) is 24.8 Å². The summed E-state index contributed by atoms with van der Waals surface area (Å²) in [6.45, 7) is 2.84. The van der Waals surface area contributed by atoms with Crippen molar-refractivity contribution in [3.63, 3.8) is 0 Å². The fourth-order valence-corrected chi connectivity index (χ4v) is 2.36. The third-order valence-electron chi connectivity index (χ3n) is 3.60. The maximum Gasteiger partial charge on any atom is 0.293 e. The van der Waals surface area contributed by atoms with E-state index in [9.17, 15) is 10.1 Å². The molecule has 0 N–H and O–H groups in total. The molecule has 0 atom stereocenters. The van der Waals surface area contributed by atoms with E-state index in [-0.39, 0.29) is 10.6 Å². The number of nitrogens with zero attached hydrogens (tertiary/aromatic N) is 4. The summed E-state index contributed by atoms with van der Waals surface area (Å²) < 4.78 is 5.28. The van der Waals surface area contributed by atoms with Gasteiger partial charge in [0.25, 0.3) is 5.69 Å². The highest BCUT2D eigenvalue weighted by Gasteiger charge is 2.21. The van der Waals surface area contributed by atoms with Gasteiger partial charge >= 0.3 is 0 Å². The molecule has 8 heteroatoms. The quantitative estimate of drug-likeness (QED) is 0.314. The summed E-state index contributed by atoms with van der Waals surface area (Å²) in [5, 5.41) is 23.6. The summed E-state index contributed by atoms with van der Waals surface area (Å²) in [5.41, 5.74) is 1.25. The summed E-state index contributed by atoms with van der Waals surface area (Å²) in [4.78, 5) is 18.0. The predicted molar refractivity (Wildman–Crippen MR) is 89.1 cm³/mol. The van der Waals surface area contributed by atoms with Crippen LogP contribution in [-0.2, 0) is 9.57 Å². The largest absolute Gasteiger partial charge is 0.396 e. The molecule has 0 spiro atoms. The lowest BCUT2D eigenvalue weighted by Crippen LogP contribution is -2.36. The Labute approximate surface area is 140 Å². The number of oxime groups is 1. The molecule has 2 rings (SSSR count). The Morgan fingerprint density at radius 2 is 2.21 bits per heavy atom. The molecule has 0 bridgehead atoms. The number of nitriles is 1. The first-order chi connectivity index (χ1) is 11.7. The van der Waals surface area contributed by atoms with Crippen LogP contribution in [0.4, 0.5) is 11.4 Å². The van der Waals surface area contributed by atoms with Gasteiger partial charge in [0.15, 0.2) is 0 Å². The molecule has 0 amide bonds. The van der Waals surface area contributed by atoms with Gasteiger partial charge in [-0.1, -0.05) is 11.2 Å². The minimum Gasteiger partial charge on any atom is -0.396 e. The molecule has 128 valence electrons. The van der Waals surface area contributed by atoms with Crippen molar-refractivity contribution in [2.75, 3.05) is 37.8 Å². The Bertz CT molecular complexity index is 621. The molecule has 0 aromatic heterocycles. The molecule has 1 aromatic carbocycles. The average molecular weight is 332 g/mol. The van der Waals surface area contributed by atoms with E-state index in [1.54, 1.807) is 12.1 Å². The van der Waals surface area contributed by atoms with Crippen LogP contribution in [0, 0.1) is 21.4 Å². The van der Waals surface area contributed by atoms with Crippen molar-refractivity contribution in [2.45, 2.75) is 19.3 Å². The van der Waals surface area contributed by atoms with E-state index in [1.807, 2.05) is 4.90 Å². The van der Waals surface area contributed by atoms with Gasteiger partial charge in [0.05, 0.1) is 30.4 Å². The van der Waals surface area contributed by atoms with Gasteiger partial charge in [-0.05, 0) is 18.9 Å². The van der Waals surface area contributed by atoms with Crippen molar-refractivity contribution in [1.29, 1.82) is 5.26 Å². The predicted octanol–water partition coefficient (Wildman–Crippen LogP) is 2.48. The molecular weight excluding hydrogens is 312 g/mol. The van der Waals surface area contributed by atoms with Crippen LogP contribution in [0.2, 0.25) is 0 Å². The van der Waals surface area contributed by atoms with Crippen LogP contribution >= 0.6 is 0 Å². The minimum atomic E-state index is -0.384. The molecule has 1 heterocycles. The number of rotatable bonds is 8. The fraction of sp³-hybridized carbons (Fsp3) is 0.500. The molecule has 0 radical (unpaired) electrons. The van der Waals surface area contributed by atoms with Crippen molar-refractivity contribution in [1.82, 2.24) is 0 Å². The van der Waals surface area contributed by atoms with Crippen molar-refractivity contribution in [2.24, 2.45) is 5.16 Å². The average Bonchev–Trinajstić information content (AvgIpc) is 2.61. The molecule has 1 aliphatic heterocycles. The molecule has 1 saturated heterocycles. The van der Waals surface area contributed by atoms with Crippen LogP contribution in [0.25, 0.3) is 0 Å². The Kier molecular flexibility index (Phi) is 6.98. The summed E-state index contributed by atoms with van der Waals surface area (Å²) in [5.74, 6) is 0. The van der Waals surface area contributed by atoms with Gasteiger partial charge in [-0.2, -0.15) is 5.26 Å². The number of morpholine rings is 1. The van der Waals surface area contributed by atoms with Crippen LogP contribution < -0.4 is 4.90 Å². The highest BCUT2D eigenvalue weighted by Crippen LogP contribution is 2.29. The molecule has 1 aliphatic rings. The topological polar surface area (TPSA) is 101 Å².